The lowest BCUT2D eigenvalue weighted by molar-refractivity contribution is -0.153. The third kappa shape index (κ3) is 5.06. The van der Waals surface area contributed by atoms with Crippen LogP contribution < -0.4 is 5.32 Å². The van der Waals surface area contributed by atoms with Crippen molar-refractivity contribution in [3.05, 3.63) is 0 Å². The summed E-state index contributed by atoms with van der Waals surface area (Å²) in [5, 5.41) is 2.72. The van der Waals surface area contributed by atoms with Crippen LogP contribution in [-0.4, -0.2) is 43.0 Å². The van der Waals surface area contributed by atoms with Crippen LogP contribution in [0.4, 0.5) is 4.79 Å². The van der Waals surface area contributed by atoms with Gasteiger partial charge in [0.05, 0.1) is 19.3 Å². The van der Waals surface area contributed by atoms with Crippen molar-refractivity contribution in [3.8, 4) is 0 Å². The van der Waals surface area contributed by atoms with Crippen LogP contribution in [0.15, 0.2) is 0 Å². The van der Waals surface area contributed by atoms with Crippen LogP contribution in [0.5, 0.6) is 0 Å². The minimum Gasteiger partial charge on any atom is -0.467 e. The summed E-state index contributed by atoms with van der Waals surface area (Å²) in [6, 6.07) is -0.218. The third-order valence-electron chi connectivity index (χ3n) is 2.82. The molecule has 0 aromatic carbocycles. The van der Waals surface area contributed by atoms with Gasteiger partial charge in [-0.3, -0.25) is 0 Å². The first-order valence-electron chi connectivity index (χ1n) is 6.45. The average molecular weight is 273 g/mol. The normalized spacial score (nSPS) is 24.7. The molecular formula is C13H23NO5. The van der Waals surface area contributed by atoms with Gasteiger partial charge in [-0.2, -0.15) is 0 Å². The first-order valence-corrected chi connectivity index (χ1v) is 6.45. The van der Waals surface area contributed by atoms with Gasteiger partial charge in [-0.25, -0.2) is 9.59 Å². The van der Waals surface area contributed by atoms with E-state index in [-0.39, 0.29) is 18.1 Å². The van der Waals surface area contributed by atoms with Gasteiger partial charge in [0.15, 0.2) is 6.10 Å². The highest BCUT2D eigenvalue weighted by Crippen LogP contribution is 2.23. The fourth-order valence-electron chi connectivity index (χ4n) is 1.92. The monoisotopic (exact) mass is 273 g/mol. The minimum atomic E-state index is -0.533. The van der Waals surface area contributed by atoms with E-state index in [1.165, 1.54) is 7.11 Å². The molecule has 1 aliphatic heterocycles. The summed E-state index contributed by atoms with van der Waals surface area (Å²) in [6.07, 6.45) is 0.105. The van der Waals surface area contributed by atoms with Gasteiger partial charge in [-0.1, -0.05) is 0 Å². The van der Waals surface area contributed by atoms with Crippen molar-refractivity contribution in [2.75, 3.05) is 7.11 Å². The molecular weight excluding hydrogens is 250 g/mol. The Kier molecular flexibility index (Phi) is 5.17. The van der Waals surface area contributed by atoms with Gasteiger partial charge in [-0.05, 0) is 40.5 Å². The quantitative estimate of drug-likeness (QED) is 0.791. The maximum absolute atomic E-state index is 11.6. The summed E-state index contributed by atoms with van der Waals surface area (Å²) in [5.74, 6) is -0.369. The lowest BCUT2D eigenvalue weighted by Gasteiger charge is -2.24. The van der Waals surface area contributed by atoms with Crippen LogP contribution in [0.1, 0.15) is 40.5 Å². The molecule has 0 saturated carbocycles. The summed E-state index contributed by atoms with van der Waals surface area (Å²) in [4.78, 5) is 22.9. The summed E-state index contributed by atoms with van der Waals surface area (Å²) < 4.78 is 15.4. The maximum Gasteiger partial charge on any atom is 0.407 e. The molecule has 6 nitrogen and oxygen atoms in total. The number of rotatable bonds is 3. The van der Waals surface area contributed by atoms with E-state index in [1.54, 1.807) is 20.8 Å². The van der Waals surface area contributed by atoms with Gasteiger partial charge >= 0.3 is 12.1 Å². The number of hydrogen-bond donors (Lipinski definition) is 1. The second kappa shape index (κ2) is 6.23. The molecule has 110 valence electrons. The Bertz CT molecular complexity index is 336. The molecule has 19 heavy (non-hydrogen) atoms. The lowest BCUT2D eigenvalue weighted by atomic mass is 10.1. The molecule has 1 fully saturated rings. The molecule has 0 aromatic rings. The van der Waals surface area contributed by atoms with Crippen molar-refractivity contribution in [2.45, 2.75) is 64.4 Å². The van der Waals surface area contributed by atoms with Crippen LogP contribution in [0.3, 0.4) is 0 Å². The Morgan fingerprint density at radius 2 is 1.95 bits per heavy atom. The minimum absolute atomic E-state index is 0.198. The number of nitrogens with one attached hydrogen (secondary N) is 1. The zero-order chi connectivity index (χ0) is 14.6. The molecule has 1 heterocycles. The molecule has 1 amide bonds. The first kappa shape index (κ1) is 15.8. The Morgan fingerprint density at radius 3 is 2.47 bits per heavy atom. The van der Waals surface area contributed by atoms with Crippen molar-refractivity contribution < 1.29 is 23.8 Å². The molecule has 6 heteroatoms. The molecule has 0 unspecified atom stereocenters. The zero-order valence-electron chi connectivity index (χ0n) is 12.2. The first-order chi connectivity index (χ1) is 8.73. The maximum atomic E-state index is 11.6. The molecule has 1 N–H and O–H groups in total. The molecule has 1 rings (SSSR count). The smallest absolute Gasteiger partial charge is 0.407 e. The van der Waals surface area contributed by atoms with Crippen LogP contribution in [0, 0.1) is 0 Å². The molecule has 0 aromatic heterocycles. The average Bonchev–Trinajstić information content (AvgIpc) is 2.74. The van der Waals surface area contributed by atoms with Gasteiger partial charge in [0.1, 0.15) is 5.60 Å². The fraction of sp³-hybridized carbons (Fsp3) is 0.846. The molecule has 1 saturated heterocycles. The van der Waals surface area contributed by atoms with Gasteiger partial charge in [0, 0.05) is 0 Å². The number of methoxy groups -OCH3 is 1. The Balaban J connectivity index is 2.41. The van der Waals surface area contributed by atoms with Crippen LogP contribution in [-0.2, 0) is 19.0 Å². The predicted molar refractivity (Wildman–Crippen MR) is 68.7 cm³/mol. The summed E-state index contributed by atoms with van der Waals surface area (Å²) >= 11 is 0. The molecule has 0 aliphatic carbocycles. The second-order valence-electron chi connectivity index (χ2n) is 5.70. The van der Waals surface area contributed by atoms with E-state index in [9.17, 15) is 9.59 Å². The molecule has 0 bridgehead atoms. The van der Waals surface area contributed by atoms with E-state index in [4.69, 9.17) is 9.47 Å². The molecule has 0 radical (unpaired) electrons. The standard InChI is InChI=1S/C13H23NO5/c1-8(14-12(16)19-13(2,3)4)9-6-7-10(18-9)11(15)17-5/h8-10H,6-7H2,1-5H3,(H,14,16)/t8-,9+,10-/m0/s1. The van der Waals surface area contributed by atoms with Crippen LogP contribution in [0.25, 0.3) is 0 Å². The largest absolute Gasteiger partial charge is 0.467 e. The van der Waals surface area contributed by atoms with Crippen molar-refractivity contribution in [2.24, 2.45) is 0 Å². The SMILES string of the molecule is COC(=O)[C@@H]1CC[C@H]([C@H](C)NC(=O)OC(C)(C)C)O1. The van der Waals surface area contributed by atoms with E-state index in [2.05, 4.69) is 10.1 Å². The number of esters is 1. The number of alkyl carbamates (subject to hydrolysis) is 1. The van der Waals surface area contributed by atoms with E-state index in [0.717, 1.165) is 0 Å². The summed E-state index contributed by atoms with van der Waals surface area (Å²) in [5.41, 5.74) is -0.533. The number of carbonyl (C=O) groups is 2. The second-order valence-corrected chi connectivity index (χ2v) is 5.70. The van der Waals surface area contributed by atoms with Gasteiger partial charge in [0.2, 0.25) is 0 Å². The molecule has 3 atom stereocenters. The number of amides is 1. The Labute approximate surface area is 113 Å². The van der Waals surface area contributed by atoms with E-state index in [0.29, 0.717) is 12.8 Å². The molecule has 1 aliphatic rings. The Morgan fingerprint density at radius 1 is 1.32 bits per heavy atom. The Hall–Kier alpha value is -1.30. The van der Waals surface area contributed by atoms with Gasteiger partial charge in [-0.15, -0.1) is 0 Å². The van der Waals surface area contributed by atoms with Crippen LogP contribution >= 0.6 is 0 Å². The van der Waals surface area contributed by atoms with E-state index in [1.807, 2.05) is 6.92 Å². The highest BCUT2D eigenvalue weighted by molar-refractivity contribution is 5.74. The molecule has 0 spiro atoms. The van der Waals surface area contributed by atoms with Gasteiger partial charge < -0.3 is 19.5 Å². The zero-order valence-corrected chi connectivity index (χ0v) is 12.2. The summed E-state index contributed by atoms with van der Waals surface area (Å²) in [6.45, 7) is 7.23. The topological polar surface area (TPSA) is 73.9 Å². The van der Waals surface area contributed by atoms with Crippen LogP contribution in [0.2, 0.25) is 0 Å². The van der Waals surface area contributed by atoms with Crippen molar-refractivity contribution in [3.63, 3.8) is 0 Å². The highest BCUT2D eigenvalue weighted by atomic mass is 16.6. The highest BCUT2D eigenvalue weighted by Gasteiger charge is 2.35. The van der Waals surface area contributed by atoms with Crippen molar-refractivity contribution in [1.29, 1.82) is 0 Å². The van der Waals surface area contributed by atoms with Gasteiger partial charge in [0.25, 0.3) is 0 Å². The van der Waals surface area contributed by atoms with Crippen molar-refractivity contribution in [1.82, 2.24) is 5.32 Å². The van der Waals surface area contributed by atoms with Crippen molar-refractivity contribution >= 4 is 12.1 Å². The number of ether oxygens (including phenoxy) is 3. The fourth-order valence-corrected chi connectivity index (χ4v) is 1.92. The predicted octanol–water partition coefficient (Wildman–Crippen LogP) is 1.62. The number of carbonyl (C=O) groups excluding carboxylic acids is 2. The van der Waals surface area contributed by atoms with E-state index >= 15 is 0 Å². The lowest BCUT2D eigenvalue weighted by Crippen LogP contribution is -2.44. The number of hydrogen-bond acceptors (Lipinski definition) is 5. The summed E-state index contributed by atoms with van der Waals surface area (Å²) in [7, 11) is 1.33. The van der Waals surface area contributed by atoms with E-state index < -0.39 is 17.8 Å². The third-order valence-corrected chi connectivity index (χ3v) is 2.82.